The molecule has 0 unspecified atom stereocenters. The van der Waals surface area contributed by atoms with Gasteiger partial charge in [0.25, 0.3) is 0 Å². The predicted molar refractivity (Wildman–Crippen MR) is 78.6 cm³/mol. The van der Waals surface area contributed by atoms with Gasteiger partial charge >= 0.3 is 0 Å². The Labute approximate surface area is 112 Å². The normalized spacial score (nSPS) is 10.8. The number of nitrogens with one attached hydrogen (secondary N) is 1. The Morgan fingerprint density at radius 3 is 2.67 bits per heavy atom. The van der Waals surface area contributed by atoms with Crippen molar-refractivity contribution in [1.82, 2.24) is 0 Å². The van der Waals surface area contributed by atoms with Gasteiger partial charge in [-0.2, -0.15) is 5.10 Å². The minimum Gasteiger partial charge on any atom is -0.278 e. The van der Waals surface area contributed by atoms with E-state index in [1.54, 1.807) is 6.21 Å². The molecule has 2 nitrogen and oxygen atoms in total. The third kappa shape index (κ3) is 3.34. The van der Waals surface area contributed by atoms with Gasteiger partial charge in [-0.1, -0.05) is 47.5 Å². The predicted octanol–water partition coefficient (Wildman–Crippen LogP) is 4.40. The number of hydrogen-bond donors (Lipinski definition) is 1. The summed E-state index contributed by atoms with van der Waals surface area (Å²) in [5.74, 6) is 0. The molecule has 1 N–H and O–H groups in total. The van der Waals surface area contributed by atoms with Gasteiger partial charge in [-0.05, 0) is 37.1 Å². The van der Waals surface area contributed by atoms with Gasteiger partial charge in [0.05, 0.1) is 11.9 Å². The molecule has 0 spiro atoms. The lowest BCUT2D eigenvalue weighted by Gasteiger charge is -2.02. The number of benzene rings is 2. The second-order valence-corrected chi connectivity index (χ2v) is 4.66. The molecule has 0 amide bonds. The fourth-order valence-corrected chi connectivity index (χ4v) is 1.77. The van der Waals surface area contributed by atoms with E-state index in [1.165, 1.54) is 5.56 Å². The van der Waals surface area contributed by atoms with Gasteiger partial charge in [0.2, 0.25) is 0 Å². The number of halogens is 1. The summed E-state index contributed by atoms with van der Waals surface area (Å²) in [5, 5.41) is 4.93. The first-order chi connectivity index (χ1) is 8.65. The number of hydrogen-bond acceptors (Lipinski definition) is 2. The van der Waals surface area contributed by atoms with Crippen molar-refractivity contribution in [2.24, 2.45) is 5.10 Å². The van der Waals surface area contributed by atoms with Crippen LogP contribution in [0.3, 0.4) is 0 Å². The van der Waals surface area contributed by atoms with E-state index in [0.717, 1.165) is 21.8 Å². The molecule has 0 aliphatic carbocycles. The van der Waals surface area contributed by atoms with E-state index in [1.807, 2.05) is 37.3 Å². The largest absolute Gasteiger partial charge is 0.278 e. The Morgan fingerprint density at radius 1 is 1.11 bits per heavy atom. The summed E-state index contributed by atoms with van der Waals surface area (Å²) in [6, 6.07) is 13.9. The van der Waals surface area contributed by atoms with E-state index in [-0.39, 0.29) is 0 Å². The molecule has 0 saturated carbocycles. The molecular formula is C15H15ClN2. The highest BCUT2D eigenvalue weighted by atomic mass is 35.5. The Morgan fingerprint density at radius 2 is 1.94 bits per heavy atom. The van der Waals surface area contributed by atoms with Crippen LogP contribution >= 0.6 is 11.6 Å². The van der Waals surface area contributed by atoms with Gasteiger partial charge in [-0.3, -0.25) is 5.43 Å². The Kier molecular flexibility index (Phi) is 4.00. The van der Waals surface area contributed by atoms with Gasteiger partial charge in [0.15, 0.2) is 0 Å². The average molecular weight is 259 g/mol. The highest BCUT2D eigenvalue weighted by Crippen LogP contribution is 2.19. The highest BCUT2D eigenvalue weighted by Gasteiger charge is 1.96. The molecule has 0 fully saturated rings. The van der Waals surface area contributed by atoms with Gasteiger partial charge in [0, 0.05) is 5.02 Å². The number of nitrogens with zero attached hydrogens (tertiary/aromatic N) is 1. The quantitative estimate of drug-likeness (QED) is 0.640. The van der Waals surface area contributed by atoms with Crippen molar-refractivity contribution in [2.45, 2.75) is 13.8 Å². The summed E-state index contributed by atoms with van der Waals surface area (Å²) in [5.41, 5.74) is 7.20. The van der Waals surface area contributed by atoms with Crippen molar-refractivity contribution >= 4 is 23.5 Å². The second kappa shape index (κ2) is 5.69. The van der Waals surface area contributed by atoms with Crippen LogP contribution in [-0.2, 0) is 0 Å². The van der Waals surface area contributed by atoms with Gasteiger partial charge in [-0.25, -0.2) is 0 Å². The molecule has 2 rings (SSSR count). The third-order valence-electron chi connectivity index (χ3n) is 2.62. The van der Waals surface area contributed by atoms with Crippen molar-refractivity contribution in [3.8, 4) is 0 Å². The van der Waals surface area contributed by atoms with Gasteiger partial charge in [-0.15, -0.1) is 0 Å². The first-order valence-corrected chi connectivity index (χ1v) is 6.15. The van der Waals surface area contributed by atoms with E-state index in [0.29, 0.717) is 0 Å². The van der Waals surface area contributed by atoms with Crippen LogP contribution in [0.25, 0.3) is 0 Å². The van der Waals surface area contributed by atoms with Gasteiger partial charge in [0.1, 0.15) is 0 Å². The maximum Gasteiger partial charge on any atom is 0.0576 e. The Balaban J connectivity index is 2.05. The second-order valence-electron chi connectivity index (χ2n) is 4.25. The summed E-state index contributed by atoms with van der Waals surface area (Å²) in [6.07, 6.45) is 1.79. The minimum atomic E-state index is 0.741. The van der Waals surface area contributed by atoms with Crippen LogP contribution in [-0.4, -0.2) is 6.21 Å². The molecule has 0 saturated heterocycles. The Bertz CT molecular complexity index is 576. The van der Waals surface area contributed by atoms with Crippen LogP contribution in [0.15, 0.2) is 47.6 Å². The maximum absolute atomic E-state index is 6.04. The van der Waals surface area contributed by atoms with Crippen molar-refractivity contribution < 1.29 is 0 Å². The summed E-state index contributed by atoms with van der Waals surface area (Å²) < 4.78 is 0. The number of aryl methyl sites for hydroxylation is 2. The van der Waals surface area contributed by atoms with Crippen LogP contribution in [0, 0.1) is 13.8 Å². The molecule has 92 valence electrons. The molecule has 2 aromatic rings. The smallest absolute Gasteiger partial charge is 0.0576 e. The topological polar surface area (TPSA) is 24.4 Å². The molecule has 2 aromatic carbocycles. The summed E-state index contributed by atoms with van der Waals surface area (Å²) in [6.45, 7) is 4.03. The number of hydrazone groups is 1. The molecule has 3 heteroatoms. The molecule has 0 aliphatic rings. The van der Waals surface area contributed by atoms with Crippen LogP contribution in [0.2, 0.25) is 5.02 Å². The van der Waals surface area contributed by atoms with Crippen molar-refractivity contribution in [3.63, 3.8) is 0 Å². The zero-order valence-corrected chi connectivity index (χ0v) is 11.2. The highest BCUT2D eigenvalue weighted by molar-refractivity contribution is 6.31. The monoisotopic (exact) mass is 258 g/mol. The summed E-state index contributed by atoms with van der Waals surface area (Å²) in [7, 11) is 0. The van der Waals surface area contributed by atoms with Crippen molar-refractivity contribution in [2.75, 3.05) is 5.43 Å². The first-order valence-electron chi connectivity index (χ1n) is 5.77. The molecule has 0 aliphatic heterocycles. The van der Waals surface area contributed by atoms with Crippen LogP contribution < -0.4 is 5.43 Å². The zero-order valence-electron chi connectivity index (χ0n) is 10.4. The van der Waals surface area contributed by atoms with Gasteiger partial charge < -0.3 is 0 Å². The van der Waals surface area contributed by atoms with Crippen molar-refractivity contribution in [3.05, 3.63) is 64.2 Å². The van der Waals surface area contributed by atoms with Crippen LogP contribution in [0.5, 0.6) is 0 Å². The molecule has 0 aromatic heterocycles. The molecule has 0 atom stereocenters. The lowest BCUT2D eigenvalue weighted by Crippen LogP contribution is -1.91. The first kappa shape index (κ1) is 12.7. The Hall–Kier alpha value is -1.80. The lowest BCUT2D eigenvalue weighted by molar-refractivity contribution is 1.33. The summed E-state index contributed by atoms with van der Waals surface area (Å²) >= 11 is 6.04. The van der Waals surface area contributed by atoms with E-state index < -0.39 is 0 Å². The molecule has 0 heterocycles. The summed E-state index contributed by atoms with van der Waals surface area (Å²) in [4.78, 5) is 0. The number of rotatable bonds is 3. The third-order valence-corrected chi connectivity index (χ3v) is 3.03. The van der Waals surface area contributed by atoms with E-state index in [4.69, 9.17) is 11.6 Å². The zero-order chi connectivity index (χ0) is 13.0. The van der Waals surface area contributed by atoms with Crippen LogP contribution in [0.1, 0.15) is 16.7 Å². The lowest BCUT2D eigenvalue weighted by atomic mass is 10.2. The fraction of sp³-hybridized carbons (Fsp3) is 0.133. The molecule has 0 radical (unpaired) electrons. The average Bonchev–Trinajstić information content (AvgIpc) is 2.34. The molecule has 0 bridgehead atoms. The number of anilines is 1. The van der Waals surface area contributed by atoms with E-state index >= 15 is 0 Å². The van der Waals surface area contributed by atoms with Crippen LogP contribution in [0.4, 0.5) is 5.69 Å². The SMILES string of the molecule is Cc1cccc(/C=N/Nc2ccc(C)c(Cl)c2)c1. The molecular weight excluding hydrogens is 244 g/mol. The molecule has 18 heavy (non-hydrogen) atoms. The standard InChI is InChI=1S/C15H15ClN2/c1-11-4-3-5-13(8-11)10-17-18-14-7-6-12(2)15(16)9-14/h3-10,18H,1-2H3/b17-10+. The van der Waals surface area contributed by atoms with Crippen molar-refractivity contribution in [1.29, 1.82) is 0 Å². The van der Waals surface area contributed by atoms with E-state index in [9.17, 15) is 0 Å². The minimum absolute atomic E-state index is 0.741. The fourth-order valence-electron chi connectivity index (χ4n) is 1.59. The maximum atomic E-state index is 6.04. The van der Waals surface area contributed by atoms with E-state index in [2.05, 4.69) is 29.6 Å².